The summed E-state index contributed by atoms with van der Waals surface area (Å²) in [5, 5.41) is 0. The Kier molecular flexibility index (Phi) is 3.30. The summed E-state index contributed by atoms with van der Waals surface area (Å²) in [7, 11) is 1.85. The van der Waals surface area contributed by atoms with E-state index in [1.54, 1.807) is 0 Å². The third kappa shape index (κ3) is 2.08. The number of rotatable bonds is 2. The second-order valence-electron chi connectivity index (χ2n) is 5.42. The van der Waals surface area contributed by atoms with Crippen LogP contribution in [0.15, 0.2) is 30.3 Å². The quantitative estimate of drug-likeness (QED) is 0.850. The Balaban J connectivity index is 2.36. The van der Waals surface area contributed by atoms with E-state index in [1.165, 1.54) is 0 Å². The van der Waals surface area contributed by atoms with Crippen molar-refractivity contribution < 1.29 is 4.79 Å². The van der Waals surface area contributed by atoms with E-state index in [9.17, 15) is 4.79 Å². The van der Waals surface area contributed by atoms with Crippen molar-refractivity contribution in [1.29, 1.82) is 0 Å². The van der Waals surface area contributed by atoms with Crippen molar-refractivity contribution in [2.45, 2.75) is 25.4 Å². The van der Waals surface area contributed by atoms with Gasteiger partial charge in [-0.05, 0) is 26.0 Å². The zero-order valence-electron chi connectivity index (χ0n) is 11.3. The van der Waals surface area contributed by atoms with E-state index in [0.717, 1.165) is 12.2 Å². The van der Waals surface area contributed by atoms with Crippen molar-refractivity contribution in [1.82, 2.24) is 4.90 Å². The molecule has 1 amide bonds. The lowest BCUT2D eigenvalue weighted by molar-refractivity contribution is -0.138. The summed E-state index contributed by atoms with van der Waals surface area (Å²) in [5.41, 5.74) is 6.66. The van der Waals surface area contributed by atoms with E-state index in [4.69, 9.17) is 5.73 Å². The van der Waals surface area contributed by atoms with Gasteiger partial charge in [-0.1, -0.05) is 18.2 Å². The fourth-order valence-electron chi connectivity index (χ4n) is 2.41. The van der Waals surface area contributed by atoms with Gasteiger partial charge in [0.1, 0.15) is 6.04 Å². The fraction of sp³-hybridized carbons (Fsp3) is 0.500. The number of carbonyl (C=O) groups is 1. The maximum Gasteiger partial charge on any atom is 0.246 e. The molecule has 1 saturated heterocycles. The molecule has 1 aromatic rings. The van der Waals surface area contributed by atoms with Crippen molar-refractivity contribution in [3.05, 3.63) is 30.3 Å². The Labute approximate surface area is 108 Å². The molecule has 1 aliphatic rings. The Bertz CT molecular complexity index is 430. The largest absolute Gasteiger partial charge is 0.356 e. The molecule has 0 aliphatic carbocycles. The van der Waals surface area contributed by atoms with Gasteiger partial charge in [0.2, 0.25) is 5.91 Å². The summed E-state index contributed by atoms with van der Waals surface area (Å²) in [5.74, 6) is 0.0950. The lowest BCUT2D eigenvalue weighted by Gasteiger charge is -2.49. The van der Waals surface area contributed by atoms with E-state index in [-0.39, 0.29) is 17.5 Å². The molecular weight excluding hydrogens is 226 g/mol. The maximum absolute atomic E-state index is 12.4. The van der Waals surface area contributed by atoms with Crippen LogP contribution in [0, 0.1) is 0 Å². The number of anilines is 1. The van der Waals surface area contributed by atoms with Crippen molar-refractivity contribution in [2.75, 3.05) is 25.0 Å². The average Bonchev–Trinajstić information content (AvgIpc) is 2.37. The number of hydrogen-bond donors (Lipinski definition) is 1. The van der Waals surface area contributed by atoms with Crippen molar-refractivity contribution in [2.24, 2.45) is 5.73 Å². The molecule has 0 radical (unpaired) electrons. The molecule has 4 nitrogen and oxygen atoms in total. The molecule has 98 valence electrons. The molecule has 4 heteroatoms. The molecule has 0 bridgehead atoms. The summed E-state index contributed by atoms with van der Waals surface area (Å²) < 4.78 is 0. The van der Waals surface area contributed by atoms with E-state index >= 15 is 0 Å². The summed E-state index contributed by atoms with van der Waals surface area (Å²) in [4.78, 5) is 16.3. The molecule has 0 spiro atoms. The minimum absolute atomic E-state index is 0.0950. The highest BCUT2D eigenvalue weighted by molar-refractivity contribution is 5.87. The number of amides is 1. The normalized spacial score (nSPS) is 23.3. The molecule has 1 atom stereocenters. The SMILES string of the molecule is CN1C(=O)C(CN)N(c2ccccc2)CC1(C)C. The van der Waals surface area contributed by atoms with Gasteiger partial charge in [-0.25, -0.2) is 0 Å². The first-order valence-corrected chi connectivity index (χ1v) is 6.27. The molecule has 1 unspecified atom stereocenters. The highest BCUT2D eigenvalue weighted by Gasteiger charge is 2.42. The van der Waals surface area contributed by atoms with E-state index in [2.05, 4.69) is 18.7 Å². The van der Waals surface area contributed by atoms with Crippen LogP contribution in [-0.4, -0.2) is 42.5 Å². The second kappa shape index (κ2) is 4.61. The van der Waals surface area contributed by atoms with Crippen LogP contribution >= 0.6 is 0 Å². The molecule has 0 saturated carbocycles. The van der Waals surface area contributed by atoms with Crippen LogP contribution in [-0.2, 0) is 4.79 Å². The number of likely N-dealkylation sites (N-methyl/N-ethyl adjacent to an activating group) is 1. The minimum atomic E-state index is -0.259. The number of nitrogens with zero attached hydrogens (tertiary/aromatic N) is 2. The smallest absolute Gasteiger partial charge is 0.246 e. The van der Waals surface area contributed by atoms with Gasteiger partial charge in [0, 0.05) is 25.8 Å². The molecular formula is C14H21N3O. The predicted molar refractivity (Wildman–Crippen MR) is 73.5 cm³/mol. The van der Waals surface area contributed by atoms with Gasteiger partial charge < -0.3 is 15.5 Å². The molecule has 2 N–H and O–H groups in total. The first-order valence-electron chi connectivity index (χ1n) is 6.27. The monoisotopic (exact) mass is 247 g/mol. The highest BCUT2D eigenvalue weighted by Crippen LogP contribution is 2.28. The third-order valence-electron chi connectivity index (χ3n) is 3.77. The van der Waals surface area contributed by atoms with E-state index in [1.807, 2.05) is 42.3 Å². The van der Waals surface area contributed by atoms with Crippen LogP contribution in [0.1, 0.15) is 13.8 Å². The third-order valence-corrected chi connectivity index (χ3v) is 3.77. The Hall–Kier alpha value is -1.55. The molecule has 1 aromatic carbocycles. The first-order chi connectivity index (χ1) is 8.47. The first kappa shape index (κ1) is 12.9. The number of nitrogens with two attached hydrogens (primary N) is 1. The Morgan fingerprint density at radius 3 is 2.50 bits per heavy atom. The number of benzene rings is 1. The standard InChI is InChI=1S/C14H21N3O/c1-14(2)10-17(11-7-5-4-6-8-11)12(9-15)13(18)16(14)3/h4-8,12H,9-10,15H2,1-3H3. The van der Waals surface area contributed by atoms with Gasteiger partial charge in [0.05, 0.1) is 5.54 Å². The predicted octanol–water partition coefficient (Wildman–Crippen LogP) is 1.07. The summed E-state index contributed by atoms with van der Waals surface area (Å²) in [6.07, 6.45) is 0. The van der Waals surface area contributed by atoms with Crippen LogP contribution in [0.5, 0.6) is 0 Å². The van der Waals surface area contributed by atoms with Crippen molar-refractivity contribution in [3.8, 4) is 0 Å². The zero-order valence-corrected chi connectivity index (χ0v) is 11.3. The summed E-state index contributed by atoms with van der Waals surface area (Å²) in [6, 6.07) is 9.74. The molecule has 1 aliphatic heterocycles. The maximum atomic E-state index is 12.4. The number of piperazine rings is 1. The lowest BCUT2D eigenvalue weighted by atomic mass is 9.95. The Morgan fingerprint density at radius 1 is 1.33 bits per heavy atom. The van der Waals surface area contributed by atoms with Crippen LogP contribution in [0.25, 0.3) is 0 Å². The molecule has 1 fully saturated rings. The van der Waals surface area contributed by atoms with Crippen LogP contribution in [0.3, 0.4) is 0 Å². The van der Waals surface area contributed by atoms with E-state index < -0.39 is 0 Å². The zero-order chi connectivity index (χ0) is 13.3. The van der Waals surface area contributed by atoms with Crippen molar-refractivity contribution >= 4 is 11.6 Å². The van der Waals surface area contributed by atoms with Crippen LogP contribution < -0.4 is 10.6 Å². The van der Waals surface area contributed by atoms with Gasteiger partial charge in [0.25, 0.3) is 0 Å². The highest BCUT2D eigenvalue weighted by atomic mass is 16.2. The van der Waals surface area contributed by atoms with Gasteiger partial charge in [-0.2, -0.15) is 0 Å². The van der Waals surface area contributed by atoms with E-state index in [0.29, 0.717) is 6.54 Å². The topological polar surface area (TPSA) is 49.6 Å². The van der Waals surface area contributed by atoms with Crippen LogP contribution in [0.2, 0.25) is 0 Å². The van der Waals surface area contributed by atoms with Gasteiger partial charge in [0.15, 0.2) is 0 Å². The molecule has 0 aromatic heterocycles. The van der Waals surface area contributed by atoms with Gasteiger partial charge in [-0.3, -0.25) is 4.79 Å². The Morgan fingerprint density at radius 2 is 1.94 bits per heavy atom. The summed E-state index contributed by atoms with van der Waals surface area (Å²) in [6.45, 7) is 5.29. The number of para-hydroxylation sites is 1. The lowest BCUT2D eigenvalue weighted by Crippen LogP contribution is -2.67. The van der Waals surface area contributed by atoms with Crippen LogP contribution in [0.4, 0.5) is 5.69 Å². The average molecular weight is 247 g/mol. The van der Waals surface area contributed by atoms with Gasteiger partial charge >= 0.3 is 0 Å². The number of carbonyl (C=O) groups excluding carboxylic acids is 1. The molecule has 2 rings (SSSR count). The number of hydrogen-bond acceptors (Lipinski definition) is 3. The minimum Gasteiger partial charge on any atom is -0.356 e. The molecule has 18 heavy (non-hydrogen) atoms. The summed E-state index contributed by atoms with van der Waals surface area (Å²) >= 11 is 0. The van der Waals surface area contributed by atoms with Gasteiger partial charge in [-0.15, -0.1) is 0 Å². The fourth-order valence-corrected chi connectivity index (χ4v) is 2.41. The second-order valence-corrected chi connectivity index (χ2v) is 5.42. The molecule has 1 heterocycles. The van der Waals surface area contributed by atoms with Crippen molar-refractivity contribution in [3.63, 3.8) is 0 Å².